The molecule has 2 aromatic rings. The monoisotopic (exact) mass is 210 g/mol. The van der Waals surface area contributed by atoms with Gasteiger partial charge in [-0.25, -0.2) is 9.37 Å². The molecule has 0 aliphatic carbocycles. The first kappa shape index (κ1) is 9.21. The van der Waals surface area contributed by atoms with E-state index in [0.717, 1.165) is 0 Å². The number of pyridine rings is 1. The molecule has 0 spiro atoms. The van der Waals surface area contributed by atoms with E-state index in [0.29, 0.717) is 21.7 Å². The number of nitrogens with one attached hydrogen (secondary N) is 1. The average Bonchev–Trinajstić information content (AvgIpc) is 2.17. The van der Waals surface area contributed by atoms with Gasteiger partial charge >= 0.3 is 0 Å². The molecule has 0 bridgehead atoms. The van der Waals surface area contributed by atoms with Gasteiger partial charge in [-0.3, -0.25) is 0 Å². The first-order chi connectivity index (χ1) is 6.70. The Bertz CT molecular complexity index is 485. The number of benzene rings is 1. The van der Waals surface area contributed by atoms with Crippen LogP contribution in [0.2, 0.25) is 5.02 Å². The van der Waals surface area contributed by atoms with Gasteiger partial charge in [-0.1, -0.05) is 11.6 Å². The van der Waals surface area contributed by atoms with Crippen LogP contribution in [0.25, 0.3) is 10.9 Å². The molecule has 0 radical (unpaired) electrons. The molecule has 14 heavy (non-hydrogen) atoms. The van der Waals surface area contributed by atoms with Crippen LogP contribution in [0.4, 0.5) is 10.2 Å². The van der Waals surface area contributed by atoms with Crippen LogP contribution in [0.3, 0.4) is 0 Å². The first-order valence-corrected chi connectivity index (χ1v) is 4.52. The Kier molecular flexibility index (Phi) is 2.25. The fourth-order valence-corrected chi connectivity index (χ4v) is 1.51. The van der Waals surface area contributed by atoms with Gasteiger partial charge in [0.25, 0.3) is 0 Å². The van der Waals surface area contributed by atoms with Crippen molar-refractivity contribution in [3.05, 3.63) is 35.1 Å². The van der Waals surface area contributed by atoms with Crippen LogP contribution in [0.1, 0.15) is 0 Å². The Morgan fingerprint density at radius 1 is 1.36 bits per heavy atom. The zero-order valence-electron chi connectivity index (χ0n) is 7.51. The van der Waals surface area contributed by atoms with E-state index in [1.807, 2.05) is 0 Å². The summed E-state index contributed by atoms with van der Waals surface area (Å²) in [4.78, 5) is 4.09. The normalized spacial score (nSPS) is 10.5. The number of hydrogen-bond donors (Lipinski definition) is 1. The average molecular weight is 211 g/mol. The molecular weight excluding hydrogens is 203 g/mol. The summed E-state index contributed by atoms with van der Waals surface area (Å²) in [5.41, 5.74) is 0.334. The number of fused-ring (bicyclic) bond motifs is 1. The SMILES string of the molecule is CNc1ccc2cc(Cl)cc(F)c2n1. The highest BCUT2D eigenvalue weighted by Crippen LogP contribution is 2.22. The van der Waals surface area contributed by atoms with Gasteiger partial charge in [0.05, 0.1) is 0 Å². The van der Waals surface area contributed by atoms with Crippen LogP contribution in [-0.4, -0.2) is 12.0 Å². The fraction of sp³-hybridized carbons (Fsp3) is 0.100. The number of anilines is 1. The van der Waals surface area contributed by atoms with E-state index in [1.165, 1.54) is 6.07 Å². The molecule has 72 valence electrons. The van der Waals surface area contributed by atoms with Crippen LogP contribution >= 0.6 is 11.6 Å². The molecule has 0 amide bonds. The van der Waals surface area contributed by atoms with Crippen LogP contribution in [0.15, 0.2) is 24.3 Å². The Hall–Kier alpha value is -1.35. The molecule has 0 aliphatic rings. The van der Waals surface area contributed by atoms with Gasteiger partial charge in [-0.05, 0) is 24.3 Å². The quantitative estimate of drug-likeness (QED) is 0.783. The summed E-state index contributed by atoms with van der Waals surface area (Å²) >= 11 is 5.71. The summed E-state index contributed by atoms with van der Waals surface area (Å²) in [6.07, 6.45) is 0. The summed E-state index contributed by atoms with van der Waals surface area (Å²) in [7, 11) is 1.74. The lowest BCUT2D eigenvalue weighted by Crippen LogP contribution is -1.93. The summed E-state index contributed by atoms with van der Waals surface area (Å²) in [6, 6.07) is 6.50. The minimum atomic E-state index is -0.399. The summed E-state index contributed by atoms with van der Waals surface area (Å²) in [5, 5.41) is 3.94. The van der Waals surface area contributed by atoms with E-state index in [1.54, 1.807) is 25.2 Å². The zero-order valence-corrected chi connectivity index (χ0v) is 8.27. The molecule has 2 rings (SSSR count). The third-order valence-electron chi connectivity index (χ3n) is 1.97. The molecular formula is C10H8ClFN2. The van der Waals surface area contributed by atoms with Crippen molar-refractivity contribution in [2.75, 3.05) is 12.4 Å². The van der Waals surface area contributed by atoms with Crippen LogP contribution < -0.4 is 5.32 Å². The molecule has 2 nitrogen and oxygen atoms in total. The van der Waals surface area contributed by atoms with Crippen molar-refractivity contribution in [2.24, 2.45) is 0 Å². The fourth-order valence-electron chi connectivity index (χ4n) is 1.30. The molecule has 0 fully saturated rings. The maximum atomic E-state index is 13.4. The van der Waals surface area contributed by atoms with E-state index in [-0.39, 0.29) is 0 Å². The Labute approximate surface area is 85.7 Å². The molecule has 1 N–H and O–H groups in total. The molecule has 1 aromatic carbocycles. The number of nitrogens with zero attached hydrogens (tertiary/aromatic N) is 1. The van der Waals surface area contributed by atoms with E-state index in [2.05, 4.69) is 10.3 Å². The predicted molar refractivity (Wildman–Crippen MR) is 56.3 cm³/mol. The third-order valence-corrected chi connectivity index (χ3v) is 2.19. The van der Waals surface area contributed by atoms with Crippen LogP contribution in [0.5, 0.6) is 0 Å². The van der Waals surface area contributed by atoms with E-state index < -0.39 is 5.82 Å². The molecule has 0 aliphatic heterocycles. The summed E-state index contributed by atoms with van der Waals surface area (Å²) in [5.74, 6) is 0.239. The molecule has 0 saturated heterocycles. The largest absolute Gasteiger partial charge is 0.373 e. The predicted octanol–water partition coefficient (Wildman–Crippen LogP) is 3.07. The van der Waals surface area contributed by atoms with Gasteiger partial charge in [-0.15, -0.1) is 0 Å². The van der Waals surface area contributed by atoms with Gasteiger partial charge in [0.2, 0.25) is 0 Å². The topological polar surface area (TPSA) is 24.9 Å². The number of aromatic nitrogens is 1. The van der Waals surface area contributed by atoms with E-state index in [4.69, 9.17) is 11.6 Å². The summed E-state index contributed by atoms with van der Waals surface area (Å²) in [6.45, 7) is 0. The van der Waals surface area contributed by atoms with Gasteiger partial charge in [0.15, 0.2) is 5.82 Å². The third kappa shape index (κ3) is 1.51. The van der Waals surface area contributed by atoms with Crippen molar-refractivity contribution in [3.63, 3.8) is 0 Å². The smallest absolute Gasteiger partial charge is 0.150 e. The van der Waals surface area contributed by atoms with Gasteiger partial charge < -0.3 is 5.32 Å². The minimum Gasteiger partial charge on any atom is -0.373 e. The lowest BCUT2D eigenvalue weighted by atomic mass is 10.2. The molecule has 0 unspecified atom stereocenters. The lowest BCUT2D eigenvalue weighted by Gasteiger charge is -2.03. The molecule has 0 saturated carbocycles. The Balaban J connectivity index is 2.75. The minimum absolute atomic E-state index is 0.334. The molecule has 1 heterocycles. The van der Waals surface area contributed by atoms with Crippen LogP contribution in [0, 0.1) is 5.82 Å². The highest BCUT2D eigenvalue weighted by atomic mass is 35.5. The first-order valence-electron chi connectivity index (χ1n) is 4.14. The second-order valence-electron chi connectivity index (χ2n) is 2.91. The van der Waals surface area contributed by atoms with E-state index in [9.17, 15) is 4.39 Å². The van der Waals surface area contributed by atoms with Crippen molar-refractivity contribution in [1.29, 1.82) is 0 Å². The van der Waals surface area contributed by atoms with Crippen molar-refractivity contribution < 1.29 is 4.39 Å². The van der Waals surface area contributed by atoms with Gasteiger partial charge in [-0.2, -0.15) is 0 Å². The molecule has 4 heteroatoms. The lowest BCUT2D eigenvalue weighted by molar-refractivity contribution is 0.637. The van der Waals surface area contributed by atoms with Crippen molar-refractivity contribution in [3.8, 4) is 0 Å². The molecule has 1 aromatic heterocycles. The van der Waals surface area contributed by atoms with Gasteiger partial charge in [0, 0.05) is 17.5 Å². The second kappa shape index (κ2) is 3.42. The Morgan fingerprint density at radius 2 is 2.14 bits per heavy atom. The van der Waals surface area contributed by atoms with Gasteiger partial charge in [0.1, 0.15) is 11.3 Å². The maximum Gasteiger partial charge on any atom is 0.150 e. The molecule has 0 atom stereocenters. The summed E-state index contributed by atoms with van der Waals surface area (Å²) < 4.78 is 13.4. The Morgan fingerprint density at radius 3 is 2.86 bits per heavy atom. The standard InChI is InChI=1S/C10H8ClFN2/c1-13-9-3-2-6-4-7(11)5-8(12)10(6)14-9/h2-5H,1H3,(H,13,14). The second-order valence-corrected chi connectivity index (χ2v) is 3.34. The maximum absolute atomic E-state index is 13.4. The van der Waals surface area contributed by atoms with Crippen molar-refractivity contribution >= 4 is 28.3 Å². The number of rotatable bonds is 1. The van der Waals surface area contributed by atoms with Crippen LogP contribution in [-0.2, 0) is 0 Å². The highest BCUT2D eigenvalue weighted by molar-refractivity contribution is 6.31. The zero-order chi connectivity index (χ0) is 10.1. The van der Waals surface area contributed by atoms with Crippen molar-refractivity contribution in [2.45, 2.75) is 0 Å². The number of halogens is 2. The van der Waals surface area contributed by atoms with Crippen molar-refractivity contribution in [1.82, 2.24) is 4.98 Å². The highest BCUT2D eigenvalue weighted by Gasteiger charge is 2.04. The van der Waals surface area contributed by atoms with E-state index >= 15 is 0 Å². The number of hydrogen-bond acceptors (Lipinski definition) is 2.